The lowest BCUT2D eigenvalue weighted by Crippen LogP contribution is -2.15. The van der Waals surface area contributed by atoms with E-state index in [4.69, 9.17) is 23.2 Å². The monoisotopic (exact) mass is 527 g/mol. The Bertz CT molecular complexity index is 1390. The summed E-state index contributed by atoms with van der Waals surface area (Å²) in [5, 5.41) is 13.8. The number of aromatic carboxylic acids is 1. The summed E-state index contributed by atoms with van der Waals surface area (Å²) < 4.78 is 0.845. The molecule has 4 rings (SSSR count). The molecule has 4 aromatic carbocycles. The molecule has 2 N–H and O–H groups in total. The molecule has 0 aromatic heterocycles. The summed E-state index contributed by atoms with van der Waals surface area (Å²) in [7, 11) is 0. The molecule has 0 bridgehead atoms. The zero-order chi connectivity index (χ0) is 23.0. The number of carboxylic acid groups (broad SMARTS) is 1. The Kier molecular flexibility index (Phi) is 6.24. The highest BCUT2D eigenvalue weighted by atomic mass is 79.9. The minimum Gasteiger partial charge on any atom is -0.478 e. The van der Waals surface area contributed by atoms with Gasteiger partial charge in [0.2, 0.25) is 0 Å². The number of carbonyl (C=O) groups is 2. The quantitative estimate of drug-likeness (QED) is 0.283. The van der Waals surface area contributed by atoms with Crippen molar-refractivity contribution in [2.45, 2.75) is 6.92 Å². The van der Waals surface area contributed by atoms with Crippen LogP contribution in [0.15, 0.2) is 71.2 Å². The number of carboxylic acids is 1. The Morgan fingerprint density at radius 3 is 2.34 bits per heavy atom. The fourth-order valence-electron chi connectivity index (χ4n) is 3.67. The molecule has 4 nitrogen and oxygen atoms in total. The van der Waals surface area contributed by atoms with Crippen molar-refractivity contribution in [2.24, 2.45) is 0 Å². The minimum atomic E-state index is -1.20. The normalized spacial score (nSPS) is 10.9. The number of benzene rings is 4. The number of hydrogen-bond acceptors (Lipinski definition) is 2. The van der Waals surface area contributed by atoms with E-state index >= 15 is 0 Å². The molecule has 0 atom stereocenters. The van der Waals surface area contributed by atoms with Crippen LogP contribution in [0, 0.1) is 6.92 Å². The molecular weight excluding hydrogens is 513 g/mol. The van der Waals surface area contributed by atoms with Gasteiger partial charge in [-0.3, -0.25) is 4.79 Å². The van der Waals surface area contributed by atoms with Gasteiger partial charge in [-0.1, -0.05) is 75.5 Å². The maximum atomic E-state index is 13.5. The Morgan fingerprint density at radius 1 is 0.938 bits per heavy atom. The highest BCUT2D eigenvalue weighted by Crippen LogP contribution is 2.35. The van der Waals surface area contributed by atoms with Gasteiger partial charge in [0.05, 0.1) is 26.9 Å². The SMILES string of the molecule is Cc1c(-c2ccccc2)cc2ccc(Br)cc2c1C(=O)Nc1cc(Cl)c(C(=O)O)cc1Cl. The summed E-state index contributed by atoms with van der Waals surface area (Å²) >= 11 is 15.8. The number of hydrogen-bond donors (Lipinski definition) is 2. The second kappa shape index (κ2) is 8.94. The first kappa shape index (κ1) is 22.3. The summed E-state index contributed by atoms with van der Waals surface area (Å²) in [5.41, 5.74) is 3.35. The molecule has 1 amide bonds. The lowest BCUT2D eigenvalue weighted by molar-refractivity contribution is 0.0697. The number of anilines is 1. The fraction of sp³-hybridized carbons (Fsp3) is 0.0400. The summed E-state index contributed by atoms with van der Waals surface area (Å²) in [5.74, 6) is -1.57. The molecule has 0 aliphatic rings. The van der Waals surface area contributed by atoms with Crippen molar-refractivity contribution in [2.75, 3.05) is 5.32 Å². The lowest BCUT2D eigenvalue weighted by atomic mass is 9.91. The Morgan fingerprint density at radius 2 is 1.66 bits per heavy atom. The molecule has 0 unspecified atom stereocenters. The summed E-state index contributed by atoms with van der Waals surface area (Å²) in [4.78, 5) is 24.8. The van der Waals surface area contributed by atoms with Crippen molar-refractivity contribution in [1.82, 2.24) is 0 Å². The maximum absolute atomic E-state index is 13.5. The van der Waals surface area contributed by atoms with Crippen LogP contribution in [0.25, 0.3) is 21.9 Å². The van der Waals surface area contributed by atoms with Gasteiger partial charge in [-0.05, 0) is 64.7 Å². The van der Waals surface area contributed by atoms with Gasteiger partial charge in [0, 0.05) is 4.47 Å². The Balaban J connectivity index is 1.87. The van der Waals surface area contributed by atoms with Crippen molar-refractivity contribution in [3.8, 4) is 11.1 Å². The zero-order valence-corrected chi connectivity index (χ0v) is 19.8. The minimum absolute atomic E-state index is 0.0143. The third-order valence-corrected chi connectivity index (χ3v) is 6.33. The van der Waals surface area contributed by atoms with Crippen molar-refractivity contribution >= 4 is 67.5 Å². The predicted octanol–water partition coefficient (Wildman–Crippen LogP) is 7.84. The Hall–Kier alpha value is -2.86. The standard InChI is InChI=1S/C25H16BrCl2NO3/c1-13-17(14-5-3-2-4-6-14)9-15-7-8-16(26)10-18(15)23(13)24(30)29-22-12-20(27)19(25(31)32)11-21(22)28/h2-12H,1H3,(H,29,30)(H,31,32). The summed E-state index contributed by atoms with van der Waals surface area (Å²) in [6.07, 6.45) is 0. The molecule has 0 aliphatic carbocycles. The van der Waals surface area contributed by atoms with Gasteiger partial charge in [0.1, 0.15) is 0 Å². The smallest absolute Gasteiger partial charge is 0.337 e. The predicted molar refractivity (Wildman–Crippen MR) is 133 cm³/mol. The van der Waals surface area contributed by atoms with Gasteiger partial charge in [-0.2, -0.15) is 0 Å². The van der Waals surface area contributed by atoms with Gasteiger partial charge in [-0.15, -0.1) is 0 Å². The van der Waals surface area contributed by atoms with E-state index in [9.17, 15) is 14.7 Å². The molecule has 32 heavy (non-hydrogen) atoms. The van der Waals surface area contributed by atoms with E-state index in [1.165, 1.54) is 12.1 Å². The molecule has 0 saturated heterocycles. The topological polar surface area (TPSA) is 66.4 Å². The van der Waals surface area contributed by atoms with E-state index in [1.807, 2.05) is 55.5 Å². The second-order valence-electron chi connectivity index (χ2n) is 7.23. The van der Waals surface area contributed by atoms with Gasteiger partial charge in [0.25, 0.3) is 5.91 Å². The van der Waals surface area contributed by atoms with Crippen molar-refractivity contribution in [3.63, 3.8) is 0 Å². The van der Waals surface area contributed by atoms with Crippen LogP contribution in [0.3, 0.4) is 0 Å². The highest BCUT2D eigenvalue weighted by Gasteiger charge is 2.20. The third-order valence-electron chi connectivity index (χ3n) is 5.21. The molecular formula is C25H16BrCl2NO3. The molecule has 0 heterocycles. The van der Waals surface area contributed by atoms with Crippen molar-refractivity contribution in [3.05, 3.63) is 97.9 Å². The highest BCUT2D eigenvalue weighted by molar-refractivity contribution is 9.10. The average molecular weight is 529 g/mol. The molecule has 0 fully saturated rings. The first-order valence-electron chi connectivity index (χ1n) is 9.58. The number of carbonyl (C=O) groups excluding carboxylic acids is 1. The molecule has 7 heteroatoms. The first-order chi connectivity index (χ1) is 15.3. The molecule has 0 saturated carbocycles. The van der Waals surface area contributed by atoms with Gasteiger partial charge in [-0.25, -0.2) is 4.79 Å². The van der Waals surface area contributed by atoms with Gasteiger partial charge in [0.15, 0.2) is 0 Å². The van der Waals surface area contributed by atoms with Crippen LogP contribution < -0.4 is 5.32 Å². The van der Waals surface area contributed by atoms with Crippen LogP contribution in [-0.2, 0) is 0 Å². The van der Waals surface area contributed by atoms with Gasteiger partial charge >= 0.3 is 5.97 Å². The van der Waals surface area contributed by atoms with Crippen LogP contribution in [0.4, 0.5) is 5.69 Å². The largest absolute Gasteiger partial charge is 0.478 e. The van der Waals surface area contributed by atoms with E-state index in [0.29, 0.717) is 5.56 Å². The van der Waals surface area contributed by atoms with E-state index in [0.717, 1.165) is 31.9 Å². The second-order valence-corrected chi connectivity index (χ2v) is 8.96. The summed E-state index contributed by atoms with van der Waals surface area (Å²) in [6, 6.07) is 20.2. The molecule has 160 valence electrons. The molecule has 4 aromatic rings. The van der Waals surface area contributed by atoms with Crippen molar-refractivity contribution < 1.29 is 14.7 Å². The van der Waals surface area contributed by atoms with Gasteiger partial charge < -0.3 is 10.4 Å². The van der Waals surface area contributed by atoms with E-state index in [-0.39, 0.29) is 27.2 Å². The first-order valence-corrected chi connectivity index (χ1v) is 11.1. The number of fused-ring (bicyclic) bond motifs is 1. The zero-order valence-electron chi connectivity index (χ0n) is 16.7. The van der Waals surface area contributed by atoms with Crippen LogP contribution in [-0.4, -0.2) is 17.0 Å². The Labute approximate surface area is 202 Å². The lowest BCUT2D eigenvalue weighted by Gasteiger charge is -2.17. The van der Waals surface area contributed by atoms with Crippen LogP contribution >= 0.6 is 39.1 Å². The molecule has 0 spiro atoms. The maximum Gasteiger partial charge on any atom is 0.337 e. The van der Waals surface area contributed by atoms with Crippen LogP contribution in [0.2, 0.25) is 10.0 Å². The fourth-order valence-corrected chi connectivity index (χ4v) is 4.49. The average Bonchev–Trinajstić information content (AvgIpc) is 2.76. The number of nitrogens with one attached hydrogen (secondary N) is 1. The van der Waals surface area contributed by atoms with E-state index in [2.05, 4.69) is 27.3 Å². The molecule has 0 radical (unpaired) electrons. The van der Waals surface area contributed by atoms with E-state index < -0.39 is 5.97 Å². The van der Waals surface area contributed by atoms with Crippen LogP contribution in [0.5, 0.6) is 0 Å². The number of rotatable bonds is 4. The number of halogens is 3. The third kappa shape index (κ3) is 4.24. The van der Waals surface area contributed by atoms with Crippen molar-refractivity contribution in [1.29, 1.82) is 0 Å². The molecule has 0 aliphatic heterocycles. The van der Waals surface area contributed by atoms with Crippen LogP contribution in [0.1, 0.15) is 26.3 Å². The van der Waals surface area contributed by atoms with E-state index in [1.54, 1.807) is 0 Å². The number of amides is 1. The summed E-state index contributed by atoms with van der Waals surface area (Å²) in [6.45, 7) is 1.90.